The summed E-state index contributed by atoms with van der Waals surface area (Å²) in [7, 11) is 1.79. The van der Waals surface area contributed by atoms with Crippen LogP contribution in [0.3, 0.4) is 0 Å². The first-order valence-electron chi connectivity index (χ1n) is 7.37. The number of anilines is 1. The molecule has 7 nitrogen and oxygen atoms in total. The summed E-state index contributed by atoms with van der Waals surface area (Å²) in [6.07, 6.45) is 0.431. The minimum Gasteiger partial charge on any atom is -0.369 e. The molecule has 0 aromatic carbocycles. The lowest BCUT2D eigenvalue weighted by Crippen LogP contribution is -2.14. The van der Waals surface area contributed by atoms with Gasteiger partial charge >= 0.3 is 6.18 Å². The Labute approximate surface area is 141 Å². The summed E-state index contributed by atoms with van der Waals surface area (Å²) in [6.45, 7) is 0.358. The fourth-order valence-corrected chi connectivity index (χ4v) is 2.15. The molecule has 0 saturated carbocycles. The van der Waals surface area contributed by atoms with Crippen LogP contribution in [0.25, 0.3) is 11.4 Å². The molecule has 0 radical (unpaired) electrons. The van der Waals surface area contributed by atoms with Gasteiger partial charge in [-0.15, -0.1) is 10.2 Å². The molecule has 3 heterocycles. The van der Waals surface area contributed by atoms with Gasteiger partial charge in [-0.05, 0) is 12.1 Å². The first-order valence-corrected chi connectivity index (χ1v) is 7.37. The SMILES string of the molecule is Cn1cnnc1CCNc1cc(C(F)(F)F)nc(-c2ccncc2)n1. The Balaban J connectivity index is 1.84. The Bertz CT molecular complexity index is 846. The van der Waals surface area contributed by atoms with Crippen molar-refractivity contribution >= 4 is 5.82 Å². The van der Waals surface area contributed by atoms with Crippen molar-refractivity contribution in [1.82, 2.24) is 29.7 Å². The van der Waals surface area contributed by atoms with Crippen LogP contribution in [0.15, 0.2) is 36.9 Å². The minimum atomic E-state index is -4.56. The maximum Gasteiger partial charge on any atom is 0.433 e. The van der Waals surface area contributed by atoms with Crippen molar-refractivity contribution in [3.8, 4) is 11.4 Å². The van der Waals surface area contributed by atoms with Gasteiger partial charge < -0.3 is 9.88 Å². The molecule has 3 aromatic heterocycles. The van der Waals surface area contributed by atoms with Crippen molar-refractivity contribution in [3.05, 3.63) is 48.4 Å². The lowest BCUT2D eigenvalue weighted by atomic mass is 10.2. The highest BCUT2D eigenvalue weighted by Gasteiger charge is 2.33. The first kappa shape index (κ1) is 16.8. The minimum absolute atomic E-state index is 0.0154. The zero-order chi connectivity index (χ0) is 17.9. The van der Waals surface area contributed by atoms with Gasteiger partial charge in [-0.1, -0.05) is 0 Å². The standard InChI is InChI=1S/C15H14F3N7/c1-25-9-21-24-13(25)4-7-20-12-8-11(15(16,17)18)22-14(23-12)10-2-5-19-6-3-10/h2-3,5-6,8-9H,4,7H2,1H3,(H,20,22,23). The zero-order valence-corrected chi connectivity index (χ0v) is 13.2. The van der Waals surface area contributed by atoms with E-state index in [9.17, 15) is 13.2 Å². The average Bonchev–Trinajstić information content (AvgIpc) is 3.00. The summed E-state index contributed by atoms with van der Waals surface area (Å²) in [6, 6.07) is 4.00. The van der Waals surface area contributed by atoms with E-state index in [1.165, 1.54) is 12.4 Å². The van der Waals surface area contributed by atoms with E-state index in [2.05, 4.69) is 30.5 Å². The van der Waals surface area contributed by atoms with Crippen molar-refractivity contribution in [3.63, 3.8) is 0 Å². The summed E-state index contributed by atoms with van der Waals surface area (Å²) in [5.41, 5.74) is -0.548. The Hall–Kier alpha value is -3.04. The van der Waals surface area contributed by atoms with E-state index in [-0.39, 0.29) is 11.6 Å². The normalized spacial score (nSPS) is 11.5. The summed E-state index contributed by atoms with van der Waals surface area (Å²) in [5, 5.41) is 10.6. The fraction of sp³-hybridized carbons (Fsp3) is 0.267. The quantitative estimate of drug-likeness (QED) is 0.761. The molecule has 10 heteroatoms. The predicted molar refractivity (Wildman–Crippen MR) is 83.5 cm³/mol. The zero-order valence-electron chi connectivity index (χ0n) is 13.2. The molecule has 0 unspecified atom stereocenters. The maximum atomic E-state index is 13.1. The van der Waals surface area contributed by atoms with Gasteiger partial charge in [-0.25, -0.2) is 9.97 Å². The van der Waals surface area contributed by atoms with Crippen molar-refractivity contribution < 1.29 is 13.2 Å². The van der Waals surface area contributed by atoms with E-state index in [1.54, 1.807) is 30.1 Å². The molecule has 0 aliphatic heterocycles. The molecule has 0 bridgehead atoms. The number of rotatable bonds is 5. The van der Waals surface area contributed by atoms with Crippen LogP contribution in [0.5, 0.6) is 0 Å². The van der Waals surface area contributed by atoms with Crippen molar-refractivity contribution in [2.75, 3.05) is 11.9 Å². The maximum absolute atomic E-state index is 13.1. The number of nitrogens with one attached hydrogen (secondary N) is 1. The smallest absolute Gasteiger partial charge is 0.369 e. The van der Waals surface area contributed by atoms with Gasteiger partial charge in [-0.3, -0.25) is 4.98 Å². The van der Waals surface area contributed by atoms with Crippen LogP contribution in [0, 0.1) is 0 Å². The van der Waals surface area contributed by atoms with Crippen LogP contribution >= 0.6 is 0 Å². The second-order valence-corrected chi connectivity index (χ2v) is 5.23. The van der Waals surface area contributed by atoms with E-state index in [4.69, 9.17) is 0 Å². The number of pyridine rings is 1. The van der Waals surface area contributed by atoms with Gasteiger partial charge in [0.15, 0.2) is 11.5 Å². The Kier molecular flexibility index (Phi) is 4.59. The van der Waals surface area contributed by atoms with Gasteiger partial charge in [0, 0.05) is 44.0 Å². The van der Waals surface area contributed by atoms with Crippen molar-refractivity contribution in [2.45, 2.75) is 12.6 Å². The number of alkyl halides is 3. The molecular weight excluding hydrogens is 335 g/mol. The highest BCUT2D eigenvalue weighted by Crippen LogP contribution is 2.30. The van der Waals surface area contributed by atoms with Crippen molar-refractivity contribution in [2.24, 2.45) is 7.05 Å². The molecule has 0 atom stereocenters. The van der Waals surface area contributed by atoms with E-state index in [1.807, 2.05) is 0 Å². The number of hydrogen-bond acceptors (Lipinski definition) is 6. The van der Waals surface area contributed by atoms with E-state index in [0.717, 1.165) is 6.07 Å². The topological polar surface area (TPSA) is 81.4 Å². The third-order valence-electron chi connectivity index (χ3n) is 3.41. The van der Waals surface area contributed by atoms with Crippen LogP contribution in [0.1, 0.15) is 11.5 Å². The highest BCUT2D eigenvalue weighted by molar-refractivity contribution is 5.57. The average molecular weight is 349 g/mol. The van der Waals surface area contributed by atoms with Gasteiger partial charge in [-0.2, -0.15) is 13.2 Å². The molecule has 130 valence electrons. The molecule has 3 aromatic rings. The first-order chi connectivity index (χ1) is 11.9. The molecule has 3 rings (SSSR count). The summed E-state index contributed by atoms with van der Waals surface area (Å²) >= 11 is 0. The fourth-order valence-electron chi connectivity index (χ4n) is 2.15. The molecule has 0 fully saturated rings. The van der Waals surface area contributed by atoms with Crippen LogP contribution in [0.2, 0.25) is 0 Å². The lowest BCUT2D eigenvalue weighted by Gasteiger charge is -2.12. The second kappa shape index (κ2) is 6.83. The number of nitrogens with zero attached hydrogens (tertiary/aromatic N) is 6. The highest BCUT2D eigenvalue weighted by atomic mass is 19.4. The molecular formula is C15H14F3N7. The number of hydrogen-bond donors (Lipinski definition) is 1. The second-order valence-electron chi connectivity index (χ2n) is 5.23. The largest absolute Gasteiger partial charge is 0.433 e. The Morgan fingerprint density at radius 3 is 2.56 bits per heavy atom. The number of halogens is 3. The van der Waals surface area contributed by atoms with Gasteiger partial charge in [0.05, 0.1) is 0 Å². The summed E-state index contributed by atoms with van der Waals surface area (Å²) < 4.78 is 41.1. The van der Waals surface area contributed by atoms with Crippen LogP contribution in [0.4, 0.5) is 19.0 Å². The Morgan fingerprint density at radius 2 is 1.92 bits per heavy atom. The van der Waals surface area contributed by atoms with E-state index < -0.39 is 11.9 Å². The summed E-state index contributed by atoms with van der Waals surface area (Å²) in [4.78, 5) is 11.6. The monoisotopic (exact) mass is 349 g/mol. The summed E-state index contributed by atoms with van der Waals surface area (Å²) in [5.74, 6) is 0.793. The molecule has 25 heavy (non-hydrogen) atoms. The van der Waals surface area contributed by atoms with Crippen LogP contribution in [-0.2, 0) is 19.6 Å². The number of aryl methyl sites for hydroxylation is 1. The lowest BCUT2D eigenvalue weighted by molar-refractivity contribution is -0.141. The molecule has 0 saturated heterocycles. The van der Waals surface area contributed by atoms with Crippen molar-refractivity contribution in [1.29, 1.82) is 0 Å². The van der Waals surface area contributed by atoms with Gasteiger partial charge in [0.1, 0.15) is 18.0 Å². The van der Waals surface area contributed by atoms with Crippen LogP contribution in [-0.4, -0.2) is 36.3 Å². The van der Waals surface area contributed by atoms with E-state index in [0.29, 0.717) is 24.4 Å². The number of aromatic nitrogens is 6. The van der Waals surface area contributed by atoms with Crippen LogP contribution < -0.4 is 5.32 Å². The molecule has 0 spiro atoms. The van der Waals surface area contributed by atoms with Gasteiger partial charge in [0.2, 0.25) is 0 Å². The third-order valence-corrected chi connectivity index (χ3v) is 3.41. The van der Waals surface area contributed by atoms with Gasteiger partial charge in [0.25, 0.3) is 0 Å². The molecule has 0 amide bonds. The Morgan fingerprint density at radius 1 is 1.16 bits per heavy atom. The molecule has 0 aliphatic rings. The molecule has 0 aliphatic carbocycles. The third kappa shape index (κ3) is 4.08. The predicted octanol–water partition coefficient (Wildman–Crippen LogP) is 2.34. The van der Waals surface area contributed by atoms with E-state index >= 15 is 0 Å². The molecule has 1 N–H and O–H groups in total.